The Labute approximate surface area is 111 Å². The van der Waals surface area contributed by atoms with E-state index >= 15 is 0 Å². The van der Waals surface area contributed by atoms with Crippen molar-refractivity contribution < 1.29 is 0 Å². The van der Waals surface area contributed by atoms with Crippen molar-refractivity contribution in [2.75, 3.05) is 10.7 Å². The summed E-state index contributed by atoms with van der Waals surface area (Å²) < 4.78 is 0.883. The molecule has 1 rings (SSSR count). The third kappa shape index (κ3) is 3.22. The molecule has 0 unspecified atom stereocenters. The highest BCUT2D eigenvalue weighted by Crippen LogP contribution is 2.34. The first-order valence-corrected chi connectivity index (χ1v) is 7.95. The van der Waals surface area contributed by atoms with Gasteiger partial charge in [0.1, 0.15) is 0 Å². The maximum absolute atomic E-state index is 5.91. The largest absolute Gasteiger partial charge is 0.128 e. The smallest absolute Gasteiger partial charge is 0.0931 e. The van der Waals surface area contributed by atoms with E-state index in [1.165, 1.54) is 11.3 Å². The van der Waals surface area contributed by atoms with Crippen LogP contribution in [0.15, 0.2) is 12.1 Å². The van der Waals surface area contributed by atoms with Crippen LogP contribution in [0.25, 0.3) is 0 Å². The molecule has 1 aromatic rings. The van der Waals surface area contributed by atoms with Crippen LogP contribution in [0.3, 0.4) is 0 Å². The molecule has 0 N–H and O–H groups in total. The van der Waals surface area contributed by atoms with Crippen molar-refractivity contribution in [2.24, 2.45) is 5.41 Å². The van der Waals surface area contributed by atoms with Crippen molar-refractivity contribution in [3.8, 4) is 0 Å². The van der Waals surface area contributed by atoms with Crippen molar-refractivity contribution in [1.29, 1.82) is 0 Å². The third-order valence-electron chi connectivity index (χ3n) is 2.50. The van der Waals surface area contributed by atoms with Gasteiger partial charge in [0.2, 0.25) is 0 Å². The minimum absolute atomic E-state index is 0.328. The van der Waals surface area contributed by atoms with Gasteiger partial charge in [-0.2, -0.15) is 0 Å². The molecular formula is C10H13Br2ClS. The van der Waals surface area contributed by atoms with E-state index in [9.17, 15) is 0 Å². The van der Waals surface area contributed by atoms with Crippen LogP contribution in [0, 0.1) is 5.41 Å². The van der Waals surface area contributed by atoms with E-state index in [4.69, 9.17) is 11.6 Å². The monoisotopic (exact) mass is 358 g/mol. The number of thiophene rings is 1. The third-order valence-corrected chi connectivity index (χ3v) is 6.11. The first kappa shape index (κ1) is 13.0. The van der Waals surface area contributed by atoms with Gasteiger partial charge in [0.15, 0.2) is 0 Å². The first-order valence-electron chi connectivity index (χ1n) is 4.52. The highest BCUT2D eigenvalue weighted by Gasteiger charge is 2.26. The maximum atomic E-state index is 5.91. The first-order chi connectivity index (χ1) is 6.65. The van der Waals surface area contributed by atoms with Gasteiger partial charge < -0.3 is 0 Å². The van der Waals surface area contributed by atoms with Gasteiger partial charge in [-0.3, -0.25) is 0 Å². The normalized spacial score (nSPS) is 12.0. The zero-order valence-corrected chi connectivity index (χ0v) is 12.8. The summed E-state index contributed by atoms with van der Waals surface area (Å²) in [5.41, 5.74) is 0.328. The molecule has 0 bridgehead atoms. The molecule has 0 aromatic carbocycles. The van der Waals surface area contributed by atoms with Crippen LogP contribution in [0.1, 0.15) is 18.2 Å². The molecule has 4 heteroatoms. The van der Waals surface area contributed by atoms with Gasteiger partial charge in [-0.25, -0.2) is 0 Å². The molecule has 0 atom stereocenters. The van der Waals surface area contributed by atoms with Crippen LogP contribution in [0.4, 0.5) is 0 Å². The lowest BCUT2D eigenvalue weighted by atomic mass is 9.86. The number of hydrogen-bond acceptors (Lipinski definition) is 1. The maximum Gasteiger partial charge on any atom is 0.0931 e. The zero-order valence-electron chi connectivity index (χ0n) is 8.03. The van der Waals surface area contributed by atoms with E-state index in [1.807, 2.05) is 6.07 Å². The van der Waals surface area contributed by atoms with E-state index < -0.39 is 0 Å². The summed E-state index contributed by atoms with van der Waals surface area (Å²) in [6, 6.07) is 4.10. The van der Waals surface area contributed by atoms with Crippen molar-refractivity contribution >= 4 is 54.8 Å². The molecular weight excluding hydrogens is 347 g/mol. The molecule has 1 aromatic heterocycles. The molecule has 0 saturated carbocycles. The summed E-state index contributed by atoms with van der Waals surface area (Å²) in [6.45, 7) is 2.23. The van der Waals surface area contributed by atoms with Crippen molar-refractivity contribution in [1.82, 2.24) is 0 Å². The minimum Gasteiger partial charge on any atom is -0.128 e. The SMILES string of the molecule is CCC(CBr)(CBr)Cc1ccc(Cl)s1. The van der Waals surface area contributed by atoms with Gasteiger partial charge in [0.25, 0.3) is 0 Å². The quantitative estimate of drug-likeness (QED) is 0.639. The lowest BCUT2D eigenvalue weighted by Crippen LogP contribution is -2.26. The molecule has 0 aliphatic rings. The molecule has 80 valence electrons. The summed E-state index contributed by atoms with van der Waals surface area (Å²) in [4.78, 5) is 1.37. The average molecular weight is 361 g/mol. The highest BCUT2D eigenvalue weighted by molar-refractivity contribution is 9.09. The van der Waals surface area contributed by atoms with Crippen LogP contribution in [0.2, 0.25) is 4.34 Å². The molecule has 0 nitrogen and oxygen atoms in total. The topological polar surface area (TPSA) is 0 Å². The van der Waals surface area contributed by atoms with Gasteiger partial charge in [0, 0.05) is 15.5 Å². The van der Waals surface area contributed by atoms with E-state index in [0.29, 0.717) is 5.41 Å². The van der Waals surface area contributed by atoms with Crippen LogP contribution < -0.4 is 0 Å². The fourth-order valence-corrected chi connectivity index (χ4v) is 4.64. The molecule has 0 spiro atoms. The molecule has 0 amide bonds. The Kier molecular flexibility index (Phi) is 5.47. The van der Waals surface area contributed by atoms with Crippen molar-refractivity contribution in [2.45, 2.75) is 19.8 Å². The summed E-state index contributed by atoms with van der Waals surface area (Å²) in [7, 11) is 0. The van der Waals surface area contributed by atoms with E-state index in [0.717, 1.165) is 21.4 Å². The second-order valence-electron chi connectivity index (χ2n) is 3.50. The molecule has 0 saturated heterocycles. The van der Waals surface area contributed by atoms with Crippen LogP contribution in [-0.2, 0) is 6.42 Å². The van der Waals surface area contributed by atoms with Gasteiger partial charge in [0.05, 0.1) is 4.34 Å². The molecule has 0 fully saturated rings. The lowest BCUT2D eigenvalue weighted by molar-refractivity contribution is 0.376. The predicted octanol–water partition coefficient (Wildman–Crippen LogP) is 5.13. The standard InChI is InChI=1S/C10H13Br2ClS/c1-2-10(6-11,7-12)5-8-3-4-9(13)14-8/h3-4H,2,5-7H2,1H3. The van der Waals surface area contributed by atoms with E-state index in [1.54, 1.807) is 11.3 Å². The summed E-state index contributed by atoms with van der Waals surface area (Å²) in [6.07, 6.45) is 2.26. The molecule has 1 heterocycles. The minimum atomic E-state index is 0.328. The van der Waals surface area contributed by atoms with Crippen LogP contribution in [-0.4, -0.2) is 10.7 Å². The van der Waals surface area contributed by atoms with Gasteiger partial charge in [-0.15, -0.1) is 11.3 Å². The second kappa shape index (κ2) is 5.88. The number of hydrogen-bond donors (Lipinski definition) is 0. The second-order valence-corrected chi connectivity index (χ2v) is 6.42. The lowest BCUT2D eigenvalue weighted by Gasteiger charge is -2.27. The average Bonchev–Trinajstić information content (AvgIpc) is 2.61. The molecule has 0 radical (unpaired) electrons. The fraction of sp³-hybridized carbons (Fsp3) is 0.600. The zero-order chi connectivity index (χ0) is 10.6. The Morgan fingerprint density at radius 1 is 1.36 bits per heavy atom. The Balaban J connectivity index is 2.73. The number of alkyl halides is 2. The number of halogens is 3. The van der Waals surface area contributed by atoms with Gasteiger partial charge >= 0.3 is 0 Å². The Morgan fingerprint density at radius 3 is 2.36 bits per heavy atom. The Morgan fingerprint density at radius 2 is 2.00 bits per heavy atom. The predicted molar refractivity (Wildman–Crippen MR) is 73.3 cm³/mol. The number of rotatable bonds is 5. The van der Waals surface area contributed by atoms with Gasteiger partial charge in [-0.05, 0) is 30.4 Å². The van der Waals surface area contributed by atoms with E-state index in [2.05, 4.69) is 44.8 Å². The van der Waals surface area contributed by atoms with Crippen LogP contribution >= 0.6 is 54.8 Å². The fourth-order valence-electron chi connectivity index (χ4n) is 1.26. The Bertz CT molecular complexity index is 273. The summed E-state index contributed by atoms with van der Waals surface area (Å²) in [5, 5.41) is 2.05. The molecule has 14 heavy (non-hydrogen) atoms. The Hall–Kier alpha value is 0.950. The highest BCUT2D eigenvalue weighted by atomic mass is 79.9. The van der Waals surface area contributed by atoms with Gasteiger partial charge in [-0.1, -0.05) is 50.4 Å². The molecule has 0 aliphatic heterocycles. The van der Waals surface area contributed by atoms with Crippen molar-refractivity contribution in [3.63, 3.8) is 0 Å². The summed E-state index contributed by atoms with van der Waals surface area (Å²) >= 11 is 14.8. The molecule has 0 aliphatic carbocycles. The summed E-state index contributed by atoms with van der Waals surface area (Å²) in [5.74, 6) is 0. The van der Waals surface area contributed by atoms with Crippen molar-refractivity contribution in [3.05, 3.63) is 21.3 Å². The van der Waals surface area contributed by atoms with E-state index in [-0.39, 0.29) is 0 Å². The van der Waals surface area contributed by atoms with Crippen LogP contribution in [0.5, 0.6) is 0 Å².